The predicted molar refractivity (Wildman–Crippen MR) is 76.5 cm³/mol. The number of alkyl carbamates (subject to hydrolysis) is 1. The Kier molecular flexibility index (Phi) is 5.24. The summed E-state index contributed by atoms with van der Waals surface area (Å²) in [6.45, 7) is -0.0448. The van der Waals surface area contributed by atoms with Gasteiger partial charge in [0, 0.05) is 0 Å². The maximum Gasteiger partial charge on any atom is 0.408 e. The zero-order valence-electron chi connectivity index (χ0n) is 11.8. The molecule has 0 saturated heterocycles. The van der Waals surface area contributed by atoms with Gasteiger partial charge in [-0.2, -0.15) is 0 Å². The largest absolute Gasteiger partial charge is 0.479 e. The van der Waals surface area contributed by atoms with Crippen LogP contribution >= 0.6 is 0 Å². The van der Waals surface area contributed by atoms with Crippen LogP contribution in [0.15, 0.2) is 48.5 Å². The lowest BCUT2D eigenvalue weighted by Crippen LogP contribution is -2.34. The molecule has 0 radical (unpaired) electrons. The van der Waals surface area contributed by atoms with E-state index in [9.17, 15) is 18.4 Å². The molecule has 1 amide bonds. The molecule has 5 nitrogen and oxygen atoms in total. The second-order valence-corrected chi connectivity index (χ2v) is 4.65. The Hall–Kier alpha value is -2.96. The first-order valence-electron chi connectivity index (χ1n) is 6.62. The highest BCUT2D eigenvalue weighted by molar-refractivity contribution is 5.81. The fraction of sp³-hybridized carbons (Fsp3) is 0.125. The van der Waals surface area contributed by atoms with E-state index >= 15 is 0 Å². The fourth-order valence-electron chi connectivity index (χ4n) is 1.86. The van der Waals surface area contributed by atoms with Crippen LogP contribution in [0.3, 0.4) is 0 Å². The van der Waals surface area contributed by atoms with Crippen molar-refractivity contribution in [2.75, 3.05) is 0 Å². The van der Waals surface area contributed by atoms with E-state index < -0.39 is 29.7 Å². The van der Waals surface area contributed by atoms with Gasteiger partial charge in [0.25, 0.3) is 0 Å². The lowest BCUT2D eigenvalue weighted by atomic mass is 10.1. The third kappa shape index (κ3) is 4.50. The van der Waals surface area contributed by atoms with Crippen LogP contribution < -0.4 is 5.32 Å². The van der Waals surface area contributed by atoms with Gasteiger partial charge in [0.05, 0.1) is 0 Å². The number of amides is 1. The van der Waals surface area contributed by atoms with Crippen LogP contribution in [-0.4, -0.2) is 17.2 Å². The van der Waals surface area contributed by atoms with Crippen LogP contribution in [0.25, 0.3) is 0 Å². The first kappa shape index (κ1) is 16.4. The zero-order chi connectivity index (χ0) is 16.8. The maximum atomic E-state index is 13.2. The highest BCUT2D eigenvalue weighted by atomic mass is 19.2. The van der Waals surface area contributed by atoms with Crippen molar-refractivity contribution in [3.8, 4) is 0 Å². The Morgan fingerprint density at radius 1 is 1.09 bits per heavy atom. The monoisotopic (exact) mass is 321 g/mol. The Morgan fingerprint density at radius 2 is 1.78 bits per heavy atom. The number of carboxylic acid groups (broad SMARTS) is 1. The summed E-state index contributed by atoms with van der Waals surface area (Å²) < 4.78 is 31.0. The summed E-state index contributed by atoms with van der Waals surface area (Å²) in [5.74, 6) is -3.73. The van der Waals surface area contributed by atoms with Crippen LogP contribution in [-0.2, 0) is 16.1 Å². The van der Waals surface area contributed by atoms with E-state index in [2.05, 4.69) is 5.32 Å². The number of rotatable bonds is 5. The molecule has 2 rings (SSSR count). The molecule has 120 valence electrons. The van der Waals surface area contributed by atoms with Crippen molar-refractivity contribution in [2.45, 2.75) is 12.6 Å². The standard InChI is InChI=1S/C16H13F2NO4/c17-12-7-6-11(8-13(12)18)14(15(20)21)19-16(22)23-9-10-4-2-1-3-5-10/h1-8,14H,9H2,(H,19,22)(H,20,21)/t14-/m0/s1. The minimum Gasteiger partial charge on any atom is -0.479 e. The molecular formula is C16H13F2NO4. The fourth-order valence-corrected chi connectivity index (χ4v) is 1.86. The number of aliphatic carboxylic acids is 1. The zero-order valence-corrected chi connectivity index (χ0v) is 11.8. The Bertz CT molecular complexity index is 706. The van der Waals surface area contributed by atoms with Crippen LogP contribution in [0.2, 0.25) is 0 Å². The van der Waals surface area contributed by atoms with E-state index in [-0.39, 0.29) is 12.2 Å². The molecule has 0 aliphatic rings. The Balaban J connectivity index is 2.02. The molecule has 0 aliphatic heterocycles. The smallest absolute Gasteiger partial charge is 0.408 e. The molecule has 0 aliphatic carbocycles. The van der Waals surface area contributed by atoms with Gasteiger partial charge in [-0.15, -0.1) is 0 Å². The van der Waals surface area contributed by atoms with Gasteiger partial charge < -0.3 is 15.2 Å². The molecule has 2 aromatic carbocycles. The number of carbonyl (C=O) groups excluding carboxylic acids is 1. The molecule has 0 bridgehead atoms. The van der Waals surface area contributed by atoms with Crippen molar-refractivity contribution in [1.82, 2.24) is 5.32 Å². The molecule has 0 unspecified atom stereocenters. The normalized spacial score (nSPS) is 11.6. The number of carboxylic acids is 1. The minimum absolute atomic E-state index is 0.0448. The summed E-state index contributed by atoms with van der Waals surface area (Å²) in [5.41, 5.74) is 0.621. The number of nitrogens with one attached hydrogen (secondary N) is 1. The number of halogens is 2. The highest BCUT2D eigenvalue weighted by Crippen LogP contribution is 2.17. The third-order valence-corrected chi connectivity index (χ3v) is 3.00. The van der Waals surface area contributed by atoms with E-state index in [0.717, 1.165) is 17.7 Å². The van der Waals surface area contributed by atoms with Gasteiger partial charge in [-0.25, -0.2) is 18.4 Å². The van der Waals surface area contributed by atoms with E-state index in [1.54, 1.807) is 30.3 Å². The summed E-state index contributed by atoms with van der Waals surface area (Å²) in [6, 6.07) is 9.82. The van der Waals surface area contributed by atoms with Gasteiger partial charge in [-0.05, 0) is 23.3 Å². The second kappa shape index (κ2) is 7.35. The Labute approximate surface area is 130 Å². The molecular weight excluding hydrogens is 308 g/mol. The quantitative estimate of drug-likeness (QED) is 0.887. The topological polar surface area (TPSA) is 75.6 Å². The van der Waals surface area contributed by atoms with E-state index in [1.807, 2.05) is 0 Å². The van der Waals surface area contributed by atoms with Crippen molar-refractivity contribution in [3.05, 3.63) is 71.3 Å². The number of ether oxygens (including phenoxy) is 1. The van der Waals surface area contributed by atoms with Crippen LogP contribution in [0.5, 0.6) is 0 Å². The molecule has 1 atom stereocenters. The van der Waals surface area contributed by atoms with Gasteiger partial charge in [-0.3, -0.25) is 0 Å². The van der Waals surface area contributed by atoms with Gasteiger partial charge in [0.2, 0.25) is 0 Å². The predicted octanol–water partition coefficient (Wildman–Crippen LogP) is 3.02. The van der Waals surface area contributed by atoms with Crippen molar-refractivity contribution in [2.24, 2.45) is 0 Å². The molecule has 2 N–H and O–H groups in total. The lowest BCUT2D eigenvalue weighted by Gasteiger charge is -2.15. The number of hydrogen-bond acceptors (Lipinski definition) is 3. The molecule has 0 spiro atoms. The van der Waals surface area contributed by atoms with E-state index in [1.165, 1.54) is 0 Å². The van der Waals surface area contributed by atoms with Crippen LogP contribution in [0.4, 0.5) is 13.6 Å². The molecule has 0 saturated carbocycles. The van der Waals surface area contributed by atoms with Crippen molar-refractivity contribution >= 4 is 12.1 Å². The molecule has 2 aromatic rings. The number of benzene rings is 2. The molecule has 23 heavy (non-hydrogen) atoms. The molecule has 0 heterocycles. The molecule has 7 heteroatoms. The summed E-state index contributed by atoms with van der Waals surface area (Å²) in [4.78, 5) is 22.9. The summed E-state index contributed by atoms with van der Waals surface area (Å²) in [6.07, 6.45) is -0.981. The average molecular weight is 321 g/mol. The van der Waals surface area contributed by atoms with E-state index in [4.69, 9.17) is 9.84 Å². The maximum absolute atomic E-state index is 13.2. The highest BCUT2D eigenvalue weighted by Gasteiger charge is 2.24. The van der Waals surface area contributed by atoms with Gasteiger partial charge in [0.15, 0.2) is 17.7 Å². The molecule has 0 aromatic heterocycles. The van der Waals surface area contributed by atoms with Gasteiger partial charge in [-0.1, -0.05) is 36.4 Å². The summed E-state index contributed by atoms with van der Waals surface area (Å²) >= 11 is 0. The number of carbonyl (C=O) groups is 2. The van der Waals surface area contributed by atoms with E-state index in [0.29, 0.717) is 6.07 Å². The third-order valence-electron chi connectivity index (χ3n) is 3.00. The minimum atomic E-state index is -1.55. The SMILES string of the molecule is O=C(N[C@H](C(=O)O)c1ccc(F)c(F)c1)OCc1ccccc1. The van der Waals surface area contributed by atoms with Crippen molar-refractivity contribution in [1.29, 1.82) is 0 Å². The summed E-state index contributed by atoms with van der Waals surface area (Å²) in [5, 5.41) is 11.2. The first-order valence-corrected chi connectivity index (χ1v) is 6.62. The van der Waals surface area contributed by atoms with Gasteiger partial charge >= 0.3 is 12.1 Å². The van der Waals surface area contributed by atoms with Crippen LogP contribution in [0.1, 0.15) is 17.2 Å². The molecule has 0 fully saturated rings. The van der Waals surface area contributed by atoms with Crippen molar-refractivity contribution in [3.63, 3.8) is 0 Å². The van der Waals surface area contributed by atoms with Crippen molar-refractivity contribution < 1.29 is 28.2 Å². The number of hydrogen-bond donors (Lipinski definition) is 2. The lowest BCUT2D eigenvalue weighted by molar-refractivity contribution is -0.139. The van der Waals surface area contributed by atoms with Gasteiger partial charge in [0.1, 0.15) is 6.61 Å². The average Bonchev–Trinajstić information content (AvgIpc) is 2.54. The van der Waals surface area contributed by atoms with Crippen LogP contribution in [0, 0.1) is 11.6 Å². The first-order chi connectivity index (χ1) is 11.0. The Morgan fingerprint density at radius 3 is 2.39 bits per heavy atom. The second-order valence-electron chi connectivity index (χ2n) is 4.65. The summed E-state index contributed by atoms with van der Waals surface area (Å²) in [7, 11) is 0.